The van der Waals surface area contributed by atoms with Gasteiger partial charge >= 0.3 is 0 Å². The lowest BCUT2D eigenvalue weighted by Gasteiger charge is -2.37. The summed E-state index contributed by atoms with van der Waals surface area (Å²) in [7, 11) is 0. The Bertz CT molecular complexity index is 3390. The maximum absolute atomic E-state index is 7.41. The highest BCUT2D eigenvalue weighted by Gasteiger charge is 2.49. The van der Waals surface area contributed by atoms with Crippen LogP contribution >= 0.6 is 0 Å². The van der Waals surface area contributed by atoms with Gasteiger partial charge in [0.05, 0.1) is 0 Å². The molecule has 0 radical (unpaired) electrons. The Morgan fingerprint density at radius 1 is 0.437 bits per heavy atom. The molecular weight excluding hydrogens is 869 g/mol. The molecule has 0 aromatic heterocycles. The van der Waals surface area contributed by atoms with Gasteiger partial charge in [0.2, 0.25) is 0 Å². The maximum Gasteiger partial charge on any atom is 0.179 e. The third-order valence-electron chi connectivity index (χ3n) is 13.7. The van der Waals surface area contributed by atoms with Gasteiger partial charge in [0.1, 0.15) is 36.2 Å². The van der Waals surface area contributed by atoms with E-state index >= 15 is 0 Å². The largest absolute Gasteiger partial charge is 0.481 e. The number of ether oxygens (including phenoxy) is 4. The van der Waals surface area contributed by atoms with Gasteiger partial charge in [0.25, 0.3) is 0 Å². The molecule has 0 unspecified atom stereocenters. The van der Waals surface area contributed by atoms with Crippen LogP contribution in [0.15, 0.2) is 194 Å². The van der Waals surface area contributed by atoms with Gasteiger partial charge in [-0.25, -0.2) is 0 Å². The highest BCUT2D eigenvalue weighted by atomic mass is 16.5. The number of hydrogen-bond acceptors (Lipinski definition) is 4. The fourth-order valence-electron chi connectivity index (χ4n) is 11.0. The van der Waals surface area contributed by atoms with E-state index in [1.54, 1.807) is 0 Å². The van der Waals surface area contributed by atoms with Crippen LogP contribution in [-0.4, -0.2) is 13.2 Å². The van der Waals surface area contributed by atoms with Crippen molar-refractivity contribution in [1.29, 1.82) is 0 Å². The minimum atomic E-state index is -0.879. The van der Waals surface area contributed by atoms with Crippen molar-refractivity contribution in [1.82, 2.24) is 0 Å². The Morgan fingerprint density at radius 3 is 1.17 bits per heavy atom. The Balaban J connectivity index is 0.00000106. The van der Waals surface area contributed by atoms with E-state index in [0.29, 0.717) is 0 Å². The van der Waals surface area contributed by atoms with Crippen molar-refractivity contribution in [3.8, 4) is 69.9 Å². The van der Waals surface area contributed by atoms with Crippen LogP contribution in [0.3, 0.4) is 0 Å². The minimum Gasteiger partial charge on any atom is -0.481 e. The topological polar surface area (TPSA) is 36.9 Å². The van der Waals surface area contributed by atoms with Gasteiger partial charge < -0.3 is 18.9 Å². The van der Waals surface area contributed by atoms with Crippen LogP contribution in [0.1, 0.15) is 78.6 Å². The molecule has 71 heavy (non-hydrogen) atoms. The molecule has 0 amide bonds. The summed E-state index contributed by atoms with van der Waals surface area (Å²) in [5.74, 6) is 8.23. The summed E-state index contributed by atoms with van der Waals surface area (Å²) < 4.78 is 26.6. The first-order valence-electron chi connectivity index (χ1n) is 24.6. The molecule has 9 aromatic rings. The highest BCUT2D eigenvalue weighted by Crippen LogP contribution is 2.58. The van der Waals surface area contributed by atoms with Crippen molar-refractivity contribution in [2.45, 2.75) is 45.3 Å². The van der Waals surface area contributed by atoms with E-state index in [1.165, 1.54) is 28.7 Å². The van der Waals surface area contributed by atoms with E-state index in [2.05, 4.69) is 208 Å². The Hall–Kier alpha value is -8.70. The van der Waals surface area contributed by atoms with E-state index in [1.807, 2.05) is 26.0 Å². The molecule has 0 bridgehead atoms. The molecule has 9 aromatic carbocycles. The van der Waals surface area contributed by atoms with Crippen molar-refractivity contribution in [3.63, 3.8) is 0 Å². The predicted octanol–water partition coefficient (Wildman–Crippen LogP) is 16.0. The summed E-state index contributed by atoms with van der Waals surface area (Å²) in [6.07, 6.45) is 17.1. The van der Waals surface area contributed by atoms with Gasteiger partial charge in [-0.3, -0.25) is 0 Å². The summed E-state index contributed by atoms with van der Waals surface area (Å²) in [6.45, 7) is 8.63. The zero-order valence-electron chi connectivity index (χ0n) is 40.4. The molecule has 0 atom stereocenters. The quantitative estimate of drug-likeness (QED) is 0.156. The van der Waals surface area contributed by atoms with Crippen molar-refractivity contribution in [2.24, 2.45) is 0 Å². The molecule has 2 spiro atoms. The molecule has 4 heteroatoms. The van der Waals surface area contributed by atoms with E-state index in [9.17, 15) is 0 Å². The molecule has 0 N–H and O–H groups in total. The third kappa shape index (κ3) is 7.18. The van der Waals surface area contributed by atoms with Crippen LogP contribution in [0.25, 0.3) is 54.9 Å². The van der Waals surface area contributed by atoms with Gasteiger partial charge in [-0.05, 0) is 133 Å². The van der Waals surface area contributed by atoms with Gasteiger partial charge in [-0.2, -0.15) is 0 Å². The van der Waals surface area contributed by atoms with Crippen molar-refractivity contribution in [3.05, 3.63) is 239 Å². The zero-order valence-corrected chi connectivity index (χ0v) is 40.4. The van der Waals surface area contributed by atoms with Gasteiger partial charge in [0, 0.05) is 33.4 Å². The first-order valence-corrected chi connectivity index (χ1v) is 24.6. The normalized spacial score (nSPS) is 14.1. The van der Waals surface area contributed by atoms with Crippen molar-refractivity contribution >= 4 is 32.7 Å². The molecule has 4 aliphatic rings. The second kappa shape index (κ2) is 18.3. The zero-order chi connectivity index (χ0) is 48.7. The lowest BCUT2D eigenvalue weighted by atomic mass is 9.79. The smallest absolute Gasteiger partial charge is 0.179 e. The molecule has 0 fully saturated rings. The van der Waals surface area contributed by atoms with E-state index in [0.717, 1.165) is 100 Å². The summed E-state index contributed by atoms with van der Waals surface area (Å²) in [5.41, 5.74) is 13.7. The van der Waals surface area contributed by atoms with Crippen molar-refractivity contribution < 1.29 is 18.9 Å². The van der Waals surface area contributed by atoms with Crippen LogP contribution in [-0.2, 0) is 11.2 Å². The molecular formula is C67H52O4. The number of benzene rings is 9. The van der Waals surface area contributed by atoms with Crippen LogP contribution in [0.5, 0.6) is 23.0 Å². The van der Waals surface area contributed by atoms with E-state index in [4.69, 9.17) is 31.8 Å². The summed E-state index contributed by atoms with van der Waals surface area (Å²) in [5, 5.41) is 4.15. The number of hydrogen-bond donors (Lipinski definition) is 0. The summed E-state index contributed by atoms with van der Waals surface area (Å²) in [6, 6.07) is 64.2. The van der Waals surface area contributed by atoms with Gasteiger partial charge in [0.15, 0.2) is 11.2 Å². The fourth-order valence-corrected chi connectivity index (χ4v) is 11.0. The second-order valence-corrected chi connectivity index (χ2v) is 17.9. The summed E-state index contributed by atoms with van der Waals surface area (Å²) in [4.78, 5) is 0. The molecule has 344 valence electrons. The first-order chi connectivity index (χ1) is 35.0. The Morgan fingerprint density at radius 2 is 0.803 bits per heavy atom. The number of rotatable bonds is 6. The first kappa shape index (κ1) is 44.8. The molecule has 0 saturated heterocycles. The molecule has 2 heterocycles. The van der Waals surface area contributed by atoms with Crippen LogP contribution in [0.4, 0.5) is 0 Å². The average Bonchev–Trinajstić information content (AvgIpc) is 3.85. The van der Waals surface area contributed by atoms with E-state index < -0.39 is 11.2 Å². The fraction of sp³-hybridized carbons (Fsp3) is 0.134. The Labute approximate surface area is 416 Å². The maximum atomic E-state index is 7.41. The number of fused-ring (bicyclic) bond motifs is 16. The molecule has 0 saturated carbocycles. The standard InChI is InChI=1S/C62H38O4.C3H8.C2H6/c1-3-32-63-43-26-28-45-41(35-43)24-30-57-59(45)51(37-61(65-57)53-20-9-5-16-47(53)48-17-6-10-21-54(48)61)39-14-13-15-40(34-39)52-38-62(55-22-11-7-18-49(55)50-19-8-12-23-56(50)62)66-58-31-25-42-36-44(64-33-4-2)27-29-46(42)60(52)58;1-3-2;1-2/h1-2,5-31,34-38H,32-33H2;3H2,1-2H3;1-2H3. The molecule has 2 aliphatic carbocycles. The second-order valence-electron chi connectivity index (χ2n) is 17.9. The van der Waals surface area contributed by atoms with Gasteiger partial charge in [-0.1, -0.05) is 173 Å². The van der Waals surface area contributed by atoms with Gasteiger partial charge in [-0.15, -0.1) is 12.8 Å². The van der Waals surface area contributed by atoms with Crippen LogP contribution in [0, 0.1) is 24.7 Å². The third-order valence-corrected chi connectivity index (χ3v) is 13.7. The van der Waals surface area contributed by atoms with Crippen LogP contribution < -0.4 is 18.9 Å². The molecule has 2 aliphatic heterocycles. The average molecular weight is 921 g/mol. The molecule has 4 nitrogen and oxygen atoms in total. The SMILES string of the molecule is C#CCOc1ccc2c3c(ccc2c1)OC1(C=C3c2cccc(C3=CC4(Oc5ccc6cc(OCC#C)ccc6c53)c3ccccc3-c3ccccc34)c2)c2ccccc2-c2ccccc21.CC.CCC. The Kier molecular flexibility index (Phi) is 11.6. The van der Waals surface area contributed by atoms with Crippen LogP contribution in [0.2, 0.25) is 0 Å². The van der Waals surface area contributed by atoms with E-state index in [-0.39, 0.29) is 13.2 Å². The number of terminal acetylenes is 2. The summed E-state index contributed by atoms with van der Waals surface area (Å²) >= 11 is 0. The molecule has 13 rings (SSSR count). The lowest BCUT2D eigenvalue weighted by Crippen LogP contribution is -2.33. The van der Waals surface area contributed by atoms with Crippen molar-refractivity contribution in [2.75, 3.05) is 13.2 Å². The monoisotopic (exact) mass is 920 g/mol. The predicted molar refractivity (Wildman–Crippen MR) is 291 cm³/mol. The minimum absolute atomic E-state index is 0.192. The lowest BCUT2D eigenvalue weighted by molar-refractivity contribution is 0.165. The highest BCUT2D eigenvalue weighted by molar-refractivity contribution is 6.05.